The van der Waals surface area contributed by atoms with Crippen LogP contribution in [0.1, 0.15) is 39.1 Å². The van der Waals surface area contributed by atoms with Gasteiger partial charge >= 0.3 is 0 Å². The third kappa shape index (κ3) is 3.82. The van der Waals surface area contributed by atoms with Gasteiger partial charge in [-0.15, -0.1) is 11.3 Å². The van der Waals surface area contributed by atoms with Gasteiger partial charge in [0.1, 0.15) is 0 Å². The van der Waals surface area contributed by atoms with Crippen molar-refractivity contribution < 1.29 is 4.79 Å². The van der Waals surface area contributed by atoms with Gasteiger partial charge in [-0.3, -0.25) is 4.79 Å². The fourth-order valence-electron chi connectivity index (χ4n) is 3.05. The summed E-state index contributed by atoms with van der Waals surface area (Å²) >= 11 is 1.72. The zero-order chi connectivity index (χ0) is 17.8. The minimum absolute atomic E-state index is 0.0364. The lowest BCUT2D eigenvalue weighted by molar-refractivity contribution is 0.0954. The van der Waals surface area contributed by atoms with Gasteiger partial charge in [0, 0.05) is 22.7 Å². The molecule has 0 aliphatic carbocycles. The highest BCUT2D eigenvalue weighted by atomic mass is 32.1. The number of aryl methyl sites for hydroxylation is 1. The SMILES string of the molecule is CCc1c(C)nn(-c2ccc(C(=O)NCCc3cccs3)cc2)c1C. The first kappa shape index (κ1) is 17.4. The van der Waals surface area contributed by atoms with E-state index < -0.39 is 0 Å². The molecule has 1 N–H and O–H groups in total. The molecule has 0 fully saturated rings. The molecule has 4 nitrogen and oxygen atoms in total. The highest BCUT2D eigenvalue weighted by Gasteiger charge is 2.12. The molecule has 130 valence electrons. The third-order valence-corrected chi connectivity index (χ3v) is 5.34. The van der Waals surface area contributed by atoms with Gasteiger partial charge in [-0.05, 0) is 68.0 Å². The van der Waals surface area contributed by atoms with Gasteiger partial charge < -0.3 is 5.32 Å². The predicted octanol–water partition coefficient (Wildman–Crippen LogP) is 4.09. The summed E-state index contributed by atoms with van der Waals surface area (Å²) in [5, 5.41) is 9.65. The average Bonchev–Trinajstić information content (AvgIpc) is 3.23. The molecule has 0 saturated carbocycles. The summed E-state index contributed by atoms with van der Waals surface area (Å²) in [4.78, 5) is 13.5. The fraction of sp³-hybridized carbons (Fsp3) is 0.300. The fourth-order valence-corrected chi connectivity index (χ4v) is 3.76. The number of nitrogens with one attached hydrogen (secondary N) is 1. The minimum Gasteiger partial charge on any atom is -0.352 e. The van der Waals surface area contributed by atoms with Crippen molar-refractivity contribution in [2.45, 2.75) is 33.6 Å². The maximum absolute atomic E-state index is 12.3. The first-order valence-corrected chi connectivity index (χ1v) is 9.44. The molecule has 0 bridgehead atoms. The third-order valence-electron chi connectivity index (χ3n) is 4.41. The lowest BCUT2D eigenvalue weighted by atomic mass is 10.1. The van der Waals surface area contributed by atoms with E-state index in [0.29, 0.717) is 12.1 Å². The first-order valence-electron chi connectivity index (χ1n) is 8.56. The smallest absolute Gasteiger partial charge is 0.251 e. The Morgan fingerprint density at radius 3 is 2.56 bits per heavy atom. The van der Waals surface area contributed by atoms with Crippen LogP contribution in [0.4, 0.5) is 0 Å². The molecule has 5 heteroatoms. The number of carbonyl (C=O) groups is 1. The number of hydrogen-bond acceptors (Lipinski definition) is 3. The molecule has 0 aliphatic heterocycles. The zero-order valence-electron chi connectivity index (χ0n) is 14.9. The number of rotatable bonds is 6. The second-order valence-electron chi connectivity index (χ2n) is 6.05. The zero-order valence-corrected chi connectivity index (χ0v) is 15.7. The van der Waals surface area contributed by atoms with Crippen LogP contribution in [0.2, 0.25) is 0 Å². The van der Waals surface area contributed by atoms with Crippen molar-refractivity contribution in [1.29, 1.82) is 0 Å². The Bertz CT molecular complexity index is 848. The molecule has 1 amide bonds. The van der Waals surface area contributed by atoms with E-state index in [4.69, 9.17) is 0 Å². The molecule has 0 atom stereocenters. The number of carbonyl (C=O) groups excluding carboxylic acids is 1. The monoisotopic (exact) mass is 353 g/mol. The maximum Gasteiger partial charge on any atom is 0.251 e. The van der Waals surface area contributed by atoms with Crippen LogP contribution < -0.4 is 5.32 Å². The van der Waals surface area contributed by atoms with Crippen molar-refractivity contribution >= 4 is 17.2 Å². The molecule has 0 aliphatic rings. The summed E-state index contributed by atoms with van der Waals surface area (Å²) in [6.07, 6.45) is 1.84. The summed E-state index contributed by atoms with van der Waals surface area (Å²) in [6.45, 7) is 6.92. The number of amides is 1. The number of nitrogens with zero attached hydrogens (tertiary/aromatic N) is 2. The van der Waals surface area contributed by atoms with Gasteiger partial charge in [0.25, 0.3) is 5.91 Å². The van der Waals surface area contributed by atoms with Crippen LogP contribution in [0.3, 0.4) is 0 Å². The molecule has 0 unspecified atom stereocenters. The number of aromatic nitrogens is 2. The van der Waals surface area contributed by atoms with Gasteiger partial charge in [0.15, 0.2) is 0 Å². The highest BCUT2D eigenvalue weighted by molar-refractivity contribution is 7.09. The molecule has 25 heavy (non-hydrogen) atoms. The van der Waals surface area contributed by atoms with E-state index in [0.717, 1.165) is 29.9 Å². The number of thiophene rings is 1. The Morgan fingerprint density at radius 2 is 1.96 bits per heavy atom. The number of benzene rings is 1. The maximum atomic E-state index is 12.3. The van der Waals surface area contributed by atoms with Crippen molar-refractivity contribution in [2.75, 3.05) is 6.54 Å². The number of hydrogen-bond donors (Lipinski definition) is 1. The van der Waals surface area contributed by atoms with Crippen LogP contribution in [0.15, 0.2) is 41.8 Å². The summed E-state index contributed by atoms with van der Waals surface area (Å²) in [6, 6.07) is 11.7. The quantitative estimate of drug-likeness (QED) is 0.726. The van der Waals surface area contributed by atoms with Crippen LogP contribution >= 0.6 is 11.3 Å². The molecule has 2 heterocycles. The van der Waals surface area contributed by atoms with Crippen molar-refractivity contribution in [2.24, 2.45) is 0 Å². The Morgan fingerprint density at radius 1 is 1.20 bits per heavy atom. The van der Waals surface area contributed by atoms with E-state index >= 15 is 0 Å². The topological polar surface area (TPSA) is 46.9 Å². The van der Waals surface area contributed by atoms with E-state index in [-0.39, 0.29) is 5.91 Å². The van der Waals surface area contributed by atoms with Gasteiger partial charge in [-0.2, -0.15) is 5.10 Å². The van der Waals surface area contributed by atoms with Crippen LogP contribution in [0.25, 0.3) is 5.69 Å². The first-order chi connectivity index (χ1) is 12.1. The van der Waals surface area contributed by atoms with Crippen molar-refractivity contribution in [3.8, 4) is 5.69 Å². The van der Waals surface area contributed by atoms with Crippen molar-refractivity contribution in [3.63, 3.8) is 0 Å². The largest absolute Gasteiger partial charge is 0.352 e. The molecule has 0 radical (unpaired) electrons. The van der Waals surface area contributed by atoms with E-state index in [9.17, 15) is 4.79 Å². The van der Waals surface area contributed by atoms with Crippen molar-refractivity contribution in [3.05, 3.63) is 69.2 Å². The van der Waals surface area contributed by atoms with E-state index in [1.165, 1.54) is 10.4 Å². The van der Waals surface area contributed by atoms with Crippen LogP contribution in [0, 0.1) is 13.8 Å². The molecular weight excluding hydrogens is 330 g/mol. The molecular formula is C20H23N3OS. The minimum atomic E-state index is -0.0364. The normalized spacial score (nSPS) is 10.8. The summed E-state index contributed by atoms with van der Waals surface area (Å²) in [5.41, 5.74) is 5.17. The summed E-state index contributed by atoms with van der Waals surface area (Å²) in [5.74, 6) is -0.0364. The van der Waals surface area contributed by atoms with E-state index in [1.54, 1.807) is 11.3 Å². The van der Waals surface area contributed by atoms with Crippen LogP contribution in [-0.4, -0.2) is 22.2 Å². The lowest BCUT2D eigenvalue weighted by Crippen LogP contribution is -2.25. The van der Waals surface area contributed by atoms with Gasteiger partial charge in [-0.25, -0.2) is 4.68 Å². The highest BCUT2D eigenvalue weighted by Crippen LogP contribution is 2.18. The Balaban J connectivity index is 1.66. The lowest BCUT2D eigenvalue weighted by Gasteiger charge is -2.08. The molecule has 0 saturated heterocycles. The van der Waals surface area contributed by atoms with Gasteiger partial charge in [0.05, 0.1) is 11.4 Å². The summed E-state index contributed by atoms with van der Waals surface area (Å²) < 4.78 is 1.95. The second-order valence-corrected chi connectivity index (χ2v) is 7.08. The average molecular weight is 353 g/mol. The van der Waals surface area contributed by atoms with Crippen LogP contribution in [0.5, 0.6) is 0 Å². The molecule has 3 aromatic rings. The molecule has 3 rings (SSSR count). The second kappa shape index (κ2) is 7.66. The Kier molecular flexibility index (Phi) is 5.34. The van der Waals surface area contributed by atoms with Crippen LogP contribution in [-0.2, 0) is 12.8 Å². The molecule has 2 aromatic heterocycles. The molecule has 1 aromatic carbocycles. The Labute approximate surface area is 152 Å². The van der Waals surface area contributed by atoms with E-state index in [2.05, 4.69) is 35.7 Å². The van der Waals surface area contributed by atoms with Gasteiger partial charge in [-0.1, -0.05) is 13.0 Å². The summed E-state index contributed by atoms with van der Waals surface area (Å²) in [7, 11) is 0. The Hall–Kier alpha value is -2.40. The molecule has 0 spiro atoms. The van der Waals surface area contributed by atoms with E-state index in [1.807, 2.05) is 41.9 Å². The van der Waals surface area contributed by atoms with Crippen molar-refractivity contribution in [1.82, 2.24) is 15.1 Å². The van der Waals surface area contributed by atoms with Gasteiger partial charge in [0.2, 0.25) is 0 Å². The predicted molar refractivity (Wildman–Crippen MR) is 103 cm³/mol. The standard InChI is InChI=1S/C20H23N3OS/c1-4-19-14(2)22-23(15(19)3)17-9-7-16(8-10-17)20(24)21-12-11-18-6-5-13-25-18/h5-10,13H,4,11-12H2,1-3H3,(H,21,24).